The molecule has 0 amide bonds. The summed E-state index contributed by atoms with van der Waals surface area (Å²) in [6, 6.07) is 38.3. The molecule has 8 aromatic rings. The third-order valence-electron chi connectivity index (χ3n) is 29.4. The van der Waals surface area contributed by atoms with E-state index in [-0.39, 0.29) is 108 Å². The number of hydrogen-bond donors (Lipinski definition) is 2. The van der Waals surface area contributed by atoms with Crippen molar-refractivity contribution in [2.24, 2.45) is 94.7 Å². The molecule has 656 valence electrons. The standard InChI is InChI=1S/C27H34FN3O2.C27H30FNO2.C26H30N2O2.C26H27NO3.CH4/c1-16-11-20-14-31(26(29)24(20)25(28)17(16)2)15-23(32)19-12-21(27(4,5)6)18(3)22(13-19)30-7-9-33-10-8-30;1-16-6-10-23-20(12-16)14-25-26(17(2)31-27(25)30)24(23)11-9-22-8-7-19(15-29-22)18-4-3-5-21(28)13-18;1-16-6-10-21-19(13-16)14-23-25(17(2)30-26(23)29)22(21)11-9-20-8-7-18(15-28-20)24-5-3-4-12-27-24;1-5-19-8-6-7-9-23(19)20-10-11-21(27-15-20)12-13-22-17(3)16(2)14-26(29)24(22)18(4)30-25(26)28;/h11-13,29H,7-10,14-15H2,1-6H3;3-5,7-9,11,13,15-17,20,23-26H,6,10,12,14H2,1-2H3;3-5,7-9,11-12,15-17,19,21-23,25H,6,10,13-14H2,1-2H3;1,6-13,15-18,22,24,29H,14H2,2-4H3;1H4/b;2*11-9+;13-12+;/t;16-,17-,20+,23-,24+,25-,26+;16-,17-,19+,21-,22+,23-,25+;16-,17+,18+,22-,24-,26-;/m.110./s1. The molecule has 5 aliphatic heterocycles. The van der Waals surface area contributed by atoms with Crippen LogP contribution in [0.2, 0.25) is 0 Å². The summed E-state index contributed by atoms with van der Waals surface area (Å²) in [5, 5.41) is 19.6. The fraction of sp³-hybridized carbons (Fsp3) is 0.467. The number of anilines is 1. The van der Waals surface area contributed by atoms with Gasteiger partial charge in [-0.3, -0.25) is 39.7 Å². The third-order valence-corrected chi connectivity index (χ3v) is 29.4. The summed E-state index contributed by atoms with van der Waals surface area (Å²) >= 11 is 0. The van der Waals surface area contributed by atoms with E-state index in [0.29, 0.717) is 90.2 Å². The predicted molar refractivity (Wildman–Crippen MR) is 491 cm³/mol. The maximum Gasteiger partial charge on any atom is 0.338 e. The van der Waals surface area contributed by atoms with Gasteiger partial charge < -0.3 is 33.9 Å². The summed E-state index contributed by atoms with van der Waals surface area (Å²) in [6.07, 6.45) is 35.6. The number of Topliss-reactive ketones (excluding diaryl/α,β-unsaturated/α-hetero) is 1. The van der Waals surface area contributed by atoms with E-state index >= 15 is 0 Å². The molecule has 0 radical (unpaired) electrons. The number of amidine groups is 1. The van der Waals surface area contributed by atoms with Crippen LogP contribution < -0.4 is 4.90 Å². The van der Waals surface area contributed by atoms with E-state index < -0.39 is 11.6 Å². The fourth-order valence-electron chi connectivity index (χ4n) is 22.7. The highest BCUT2D eigenvalue weighted by Crippen LogP contribution is 2.57. The zero-order valence-corrected chi connectivity index (χ0v) is 74.1. The van der Waals surface area contributed by atoms with Crippen molar-refractivity contribution in [1.82, 2.24) is 24.8 Å². The normalized spacial score (nSPS) is 29.5. The maximum absolute atomic E-state index is 14.9. The van der Waals surface area contributed by atoms with Crippen molar-refractivity contribution in [2.45, 2.75) is 191 Å². The molecule has 2 N–H and O–H groups in total. The van der Waals surface area contributed by atoms with E-state index in [9.17, 15) is 33.1 Å². The Morgan fingerprint density at radius 3 is 1.75 bits per heavy atom. The van der Waals surface area contributed by atoms with Gasteiger partial charge in [-0.15, -0.1) is 6.42 Å². The molecular formula is C107H125F2N7O9. The number of ether oxygens (including phenoxy) is 4. The topological polar surface area (TPSA) is 207 Å². The smallest absolute Gasteiger partial charge is 0.338 e. The van der Waals surface area contributed by atoms with E-state index in [1.165, 1.54) is 56.2 Å². The third kappa shape index (κ3) is 19.2. The number of nitrogens with zero attached hydrogens (tertiary/aromatic N) is 6. The Morgan fingerprint density at radius 2 is 1.20 bits per heavy atom. The van der Waals surface area contributed by atoms with Gasteiger partial charge in [-0.05, 0) is 281 Å². The molecule has 4 saturated heterocycles. The monoisotopic (exact) mass is 1690 g/mol. The number of carbonyl (C=O) groups is 4. The molecule has 0 bridgehead atoms. The molecule has 0 spiro atoms. The lowest BCUT2D eigenvalue weighted by Crippen LogP contribution is -2.52. The number of terminal acetylenes is 1. The zero-order valence-electron chi connectivity index (χ0n) is 74.1. The van der Waals surface area contributed by atoms with Crippen molar-refractivity contribution in [3.8, 4) is 45.9 Å². The Hall–Kier alpha value is -10.6. The van der Waals surface area contributed by atoms with Crippen LogP contribution in [0.1, 0.15) is 201 Å². The number of pyridine rings is 4. The van der Waals surface area contributed by atoms with Gasteiger partial charge in [0.2, 0.25) is 0 Å². The van der Waals surface area contributed by atoms with Crippen molar-refractivity contribution in [3.05, 3.63) is 238 Å². The highest BCUT2D eigenvalue weighted by Gasteiger charge is 2.62. The minimum Gasteiger partial charge on any atom is -0.462 e. The number of ketones is 1. The molecule has 18 rings (SSSR count). The van der Waals surface area contributed by atoms with Gasteiger partial charge in [-0.1, -0.05) is 147 Å². The molecule has 18 heteroatoms. The fourth-order valence-corrected chi connectivity index (χ4v) is 22.7. The number of cyclic esters (lactones) is 3. The molecule has 0 unspecified atom stereocenters. The predicted octanol–water partition coefficient (Wildman–Crippen LogP) is 21.4. The van der Waals surface area contributed by atoms with Gasteiger partial charge in [0.05, 0.1) is 59.9 Å². The number of nitrogens with one attached hydrogen (secondary N) is 1. The minimum absolute atomic E-state index is 0. The zero-order chi connectivity index (χ0) is 87.7. The Morgan fingerprint density at radius 1 is 0.632 bits per heavy atom. The molecule has 5 aliphatic carbocycles. The second-order valence-corrected chi connectivity index (χ2v) is 38.4. The molecule has 9 heterocycles. The second-order valence-electron chi connectivity index (χ2n) is 38.4. The van der Waals surface area contributed by atoms with Gasteiger partial charge in [0, 0.05) is 95.7 Å². The Bertz CT molecular complexity index is 5380. The van der Waals surface area contributed by atoms with E-state index in [2.05, 4.69) is 143 Å². The summed E-state index contributed by atoms with van der Waals surface area (Å²) in [5.74, 6) is 7.51. The number of hydrogen-bond acceptors (Lipinski definition) is 15. The maximum atomic E-state index is 14.9. The quantitative estimate of drug-likeness (QED) is 0.0476. The highest BCUT2D eigenvalue weighted by molar-refractivity contribution is 6.06. The first kappa shape index (κ1) is 90.6. The van der Waals surface area contributed by atoms with Gasteiger partial charge in [-0.2, -0.15) is 0 Å². The molecule has 4 aromatic heterocycles. The molecule has 16 nitrogen and oxygen atoms in total. The summed E-state index contributed by atoms with van der Waals surface area (Å²) < 4.78 is 50.7. The van der Waals surface area contributed by atoms with Gasteiger partial charge >= 0.3 is 17.9 Å². The summed E-state index contributed by atoms with van der Waals surface area (Å²) in [4.78, 5) is 73.0. The van der Waals surface area contributed by atoms with Crippen LogP contribution in [0, 0.1) is 145 Å². The van der Waals surface area contributed by atoms with Crippen LogP contribution >= 0.6 is 0 Å². The first-order chi connectivity index (χ1) is 59.4. The molecule has 10 aliphatic rings. The highest BCUT2D eigenvalue weighted by atomic mass is 19.1. The largest absolute Gasteiger partial charge is 0.462 e. The first-order valence-electron chi connectivity index (χ1n) is 45.1. The van der Waals surface area contributed by atoms with Crippen LogP contribution in [0.25, 0.3) is 51.7 Å². The van der Waals surface area contributed by atoms with Crippen LogP contribution in [0.5, 0.6) is 0 Å². The Labute approximate surface area is 738 Å². The number of halogens is 2. The van der Waals surface area contributed by atoms with E-state index in [1.807, 2.05) is 123 Å². The second kappa shape index (κ2) is 38.3. The molecule has 9 fully saturated rings. The lowest BCUT2D eigenvalue weighted by atomic mass is 9.56. The number of rotatable bonds is 13. The van der Waals surface area contributed by atoms with Crippen molar-refractivity contribution in [2.75, 3.05) is 37.7 Å². The van der Waals surface area contributed by atoms with Crippen molar-refractivity contribution in [1.29, 1.82) is 5.41 Å². The van der Waals surface area contributed by atoms with Crippen LogP contribution in [0.3, 0.4) is 0 Å². The van der Waals surface area contributed by atoms with Crippen LogP contribution in [-0.2, 0) is 45.3 Å². The Balaban J connectivity index is 0.000000135. The van der Waals surface area contributed by atoms with Crippen molar-refractivity contribution >= 4 is 53.4 Å². The number of allylic oxidation sites excluding steroid dienone is 3. The lowest BCUT2D eigenvalue weighted by molar-refractivity contribution is -0.160. The molecule has 20 atom stereocenters. The van der Waals surface area contributed by atoms with Crippen LogP contribution in [0.15, 0.2) is 164 Å². The SMILES string of the molecule is C.C#Cc1ccccc1-c1ccc(/C=C/[C@H]2[C@H](C)[C@@H](C)C[C@@]3(O)C(=O)O[C@H](C)[C@@H]23)nc1.C[C@@H]1CC[C@@H]2[C@@H](C1)C[C@H]1C(=O)O[C@H](C)[C@H]1[C@H]2/C=C/c1ccc(-c2cccc(F)c2)cn1.C[C@@H]1CC[C@@H]2[C@@H](C1)C[C@H]1C(=O)O[C@H](C)[C@H]1[C@H]2/C=C/c1ccc(-c2ccccn2)cn1.Cc1cc2c(c(F)c1C)C(=N)N(CC(=O)c1cc(N3CCOCC3)c(C)c(C(C)(C)C)c1)C2. The number of aliphatic hydroxyl groups is 1. The van der Waals surface area contributed by atoms with Gasteiger partial charge in [0.25, 0.3) is 0 Å². The Kier molecular flexibility index (Phi) is 27.8. The van der Waals surface area contributed by atoms with E-state index in [4.69, 9.17) is 30.8 Å². The van der Waals surface area contributed by atoms with Gasteiger partial charge in [0.15, 0.2) is 11.4 Å². The molecular weight excluding hydrogens is 1570 g/mol. The molecule has 4 aromatic carbocycles. The van der Waals surface area contributed by atoms with Crippen molar-refractivity contribution < 1.29 is 52.0 Å². The minimum atomic E-state index is -1.39. The number of aryl methyl sites for hydroxylation is 1. The van der Waals surface area contributed by atoms with E-state index in [0.717, 1.165) is 116 Å². The average Bonchev–Trinajstić information content (AvgIpc) is 1.60. The number of carbonyl (C=O) groups excluding carboxylic acids is 4. The van der Waals surface area contributed by atoms with Gasteiger partial charge in [-0.25, -0.2) is 13.6 Å². The number of fused-ring (bicyclic) bond motifs is 6. The number of benzene rings is 4. The van der Waals surface area contributed by atoms with Crippen LogP contribution in [-0.4, -0.2) is 116 Å². The summed E-state index contributed by atoms with van der Waals surface area (Å²) in [6.45, 7) is 30.6. The lowest BCUT2D eigenvalue weighted by Gasteiger charge is -2.47. The van der Waals surface area contributed by atoms with Gasteiger partial charge in [0.1, 0.15) is 35.8 Å². The first-order valence-corrected chi connectivity index (χ1v) is 45.1. The number of esters is 3. The van der Waals surface area contributed by atoms with Crippen LogP contribution in [0.4, 0.5) is 14.5 Å². The molecule has 125 heavy (non-hydrogen) atoms. The summed E-state index contributed by atoms with van der Waals surface area (Å²) in [5.41, 5.74) is 14.2. The van der Waals surface area contributed by atoms with E-state index in [1.54, 1.807) is 30.3 Å². The average molecular weight is 1690 g/mol. The number of morpholine rings is 1. The summed E-state index contributed by atoms with van der Waals surface area (Å²) in [7, 11) is 0. The number of aromatic nitrogens is 4. The van der Waals surface area contributed by atoms with Crippen molar-refractivity contribution in [3.63, 3.8) is 0 Å². The molecule has 5 saturated carbocycles.